The molecule has 11 nitrogen and oxygen atoms in total. The maximum absolute atomic E-state index is 13.0. The van der Waals surface area contributed by atoms with Crippen molar-refractivity contribution in [3.8, 4) is 16.3 Å². The van der Waals surface area contributed by atoms with Gasteiger partial charge in [0.1, 0.15) is 17.3 Å². The van der Waals surface area contributed by atoms with Gasteiger partial charge in [-0.15, -0.1) is 10.2 Å². The lowest BCUT2D eigenvalue weighted by Crippen LogP contribution is -2.40. The number of hydrogen-bond acceptors (Lipinski definition) is 8. The lowest BCUT2D eigenvalue weighted by atomic mass is 9.97. The number of benzene rings is 1. The molecule has 4 heterocycles. The van der Waals surface area contributed by atoms with E-state index in [0.29, 0.717) is 13.1 Å². The van der Waals surface area contributed by atoms with Gasteiger partial charge in [0.25, 0.3) is 5.56 Å². The standard InChI is InChI=1S/C23H25N7O4S/c1-27-19-18(22(32)28(2)23(27)33)30(13-24-19)12-17(31)29-10-8-14(9-11-29)20-25-26-21(35-20)15-6-4-5-7-16(15)34-3/h4-7,13-14H,8-12H2,1-3H3. The summed E-state index contributed by atoms with van der Waals surface area (Å²) in [5, 5.41) is 10.6. The molecule has 0 saturated carbocycles. The van der Waals surface area contributed by atoms with Crippen LogP contribution < -0.4 is 16.0 Å². The van der Waals surface area contributed by atoms with Crippen molar-refractivity contribution in [2.75, 3.05) is 20.2 Å². The molecular formula is C23H25N7O4S. The van der Waals surface area contributed by atoms with Crippen LogP contribution in [0.15, 0.2) is 40.2 Å². The van der Waals surface area contributed by atoms with Gasteiger partial charge in [0.05, 0.1) is 19.0 Å². The molecule has 1 aromatic carbocycles. The van der Waals surface area contributed by atoms with Gasteiger partial charge in [-0.3, -0.25) is 18.7 Å². The Balaban J connectivity index is 1.27. The third kappa shape index (κ3) is 4.03. The van der Waals surface area contributed by atoms with Crippen molar-refractivity contribution in [2.45, 2.75) is 25.3 Å². The summed E-state index contributed by atoms with van der Waals surface area (Å²) >= 11 is 1.56. The Hall–Kier alpha value is -3.80. The summed E-state index contributed by atoms with van der Waals surface area (Å²) in [6.45, 7) is 1.18. The maximum Gasteiger partial charge on any atom is 0.332 e. The predicted molar refractivity (Wildman–Crippen MR) is 131 cm³/mol. The third-order valence-electron chi connectivity index (χ3n) is 6.50. The van der Waals surface area contributed by atoms with Crippen molar-refractivity contribution in [1.29, 1.82) is 0 Å². The average molecular weight is 496 g/mol. The molecule has 0 radical (unpaired) electrons. The van der Waals surface area contributed by atoms with Gasteiger partial charge in [0.2, 0.25) is 5.91 Å². The molecule has 1 aliphatic rings. The van der Waals surface area contributed by atoms with Gasteiger partial charge in [0.15, 0.2) is 16.2 Å². The van der Waals surface area contributed by atoms with Gasteiger partial charge < -0.3 is 14.2 Å². The summed E-state index contributed by atoms with van der Waals surface area (Å²) in [5.41, 5.74) is 0.519. The van der Waals surface area contributed by atoms with E-state index in [1.165, 1.54) is 22.5 Å². The minimum atomic E-state index is -0.464. The van der Waals surface area contributed by atoms with Crippen LogP contribution in [0.25, 0.3) is 21.7 Å². The van der Waals surface area contributed by atoms with E-state index in [1.807, 2.05) is 24.3 Å². The van der Waals surface area contributed by atoms with E-state index < -0.39 is 11.2 Å². The van der Waals surface area contributed by atoms with Crippen molar-refractivity contribution >= 4 is 28.4 Å². The second-order valence-corrected chi connectivity index (χ2v) is 9.56. The molecule has 0 spiro atoms. The number of nitrogens with zero attached hydrogens (tertiary/aromatic N) is 7. The first kappa shape index (κ1) is 23.0. The zero-order valence-corrected chi connectivity index (χ0v) is 20.5. The zero-order valence-electron chi connectivity index (χ0n) is 19.7. The summed E-state index contributed by atoms with van der Waals surface area (Å²) in [7, 11) is 4.61. The fourth-order valence-corrected chi connectivity index (χ4v) is 5.51. The highest BCUT2D eigenvalue weighted by atomic mass is 32.1. The lowest BCUT2D eigenvalue weighted by molar-refractivity contribution is -0.132. The largest absolute Gasteiger partial charge is 0.496 e. The number of likely N-dealkylation sites (tertiary alicyclic amines) is 1. The SMILES string of the molecule is COc1ccccc1-c1nnc(C2CCN(C(=O)Cn3cnc4c3c(=O)n(C)c(=O)n4C)CC2)s1. The number of aromatic nitrogens is 6. The fourth-order valence-electron chi connectivity index (χ4n) is 4.47. The van der Waals surface area contributed by atoms with Gasteiger partial charge >= 0.3 is 5.69 Å². The molecular weight excluding hydrogens is 470 g/mol. The average Bonchev–Trinajstić information content (AvgIpc) is 3.54. The molecule has 0 aliphatic carbocycles. The van der Waals surface area contributed by atoms with Crippen molar-refractivity contribution in [1.82, 2.24) is 33.8 Å². The van der Waals surface area contributed by atoms with Crippen molar-refractivity contribution in [2.24, 2.45) is 14.1 Å². The Labute approximate surface area is 204 Å². The fraction of sp³-hybridized carbons (Fsp3) is 0.391. The Morgan fingerprint density at radius 1 is 1.11 bits per heavy atom. The van der Waals surface area contributed by atoms with Crippen LogP contribution in [0.2, 0.25) is 0 Å². The molecule has 1 amide bonds. The van der Waals surface area contributed by atoms with E-state index in [-0.39, 0.29) is 29.5 Å². The molecule has 0 N–H and O–H groups in total. The minimum Gasteiger partial charge on any atom is -0.496 e. The van der Waals surface area contributed by atoms with Gasteiger partial charge in [-0.05, 0) is 25.0 Å². The van der Waals surface area contributed by atoms with Crippen LogP contribution in [0.3, 0.4) is 0 Å². The number of aryl methyl sites for hydroxylation is 1. The second kappa shape index (κ2) is 9.10. The molecule has 5 rings (SSSR count). The van der Waals surface area contributed by atoms with Crippen molar-refractivity contribution in [3.05, 3.63) is 56.4 Å². The zero-order chi connectivity index (χ0) is 24.7. The number of carbonyl (C=O) groups is 1. The molecule has 1 aliphatic heterocycles. The highest BCUT2D eigenvalue weighted by Crippen LogP contribution is 2.36. The normalized spacial score (nSPS) is 14.5. The van der Waals surface area contributed by atoms with Crippen LogP contribution >= 0.6 is 11.3 Å². The molecule has 4 aromatic rings. The van der Waals surface area contributed by atoms with Crippen LogP contribution in [0.1, 0.15) is 23.8 Å². The van der Waals surface area contributed by atoms with E-state index in [4.69, 9.17) is 4.74 Å². The first-order valence-corrected chi connectivity index (χ1v) is 12.1. The monoisotopic (exact) mass is 495 g/mol. The molecule has 1 saturated heterocycles. The number of imidazole rings is 1. The Morgan fingerprint density at radius 2 is 1.86 bits per heavy atom. The molecule has 12 heteroatoms. The van der Waals surface area contributed by atoms with Crippen LogP contribution in [-0.4, -0.2) is 59.9 Å². The van der Waals surface area contributed by atoms with Crippen LogP contribution in [-0.2, 0) is 25.4 Å². The molecule has 1 fully saturated rings. The van der Waals surface area contributed by atoms with Crippen LogP contribution in [0.4, 0.5) is 0 Å². The smallest absolute Gasteiger partial charge is 0.332 e. The summed E-state index contributed by atoms with van der Waals surface area (Å²) in [6, 6.07) is 7.74. The van der Waals surface area contributed by atoms with Crippen LogP contribution in [0, 0.1) is 0 Å². The topological polar surface area (TPSA) is 117 Å². The van der Waals surface area contributed by atoms with Gasteiger partial charge in [-0.2, -0.15) is 0 Å². The van der Waals surface area contributed by atoms with E-state index in [2.05, 4.69) is 15.2 Å². The second-order valence-electron chi connectivity index (χ2n) is 8.55. The number of methoxy groups -OCH3 is 1. The van der Waals surface area contributed by atoms with Crippen LogP contribution in [0.5, 0.6) is 5.75 Å². The minimum absolute atomic E-state index is 0.00856. The Kier molecular flexibility index (Phi) is 5.97. The van der Waals surface area contributed by atoms with E-state index in [0.717, 1.165) is 38.7 Å². The highest BCUT2D eigenvalue weighted by molar-refractivity contribution is 7.14. The Morgan fingerprint density at radius 3 is 2.60 bits per heavy atom. The van der Waals surface area contributed by atoms with Crippen molar-refractivity contribution in [3.63, 3.8) is 0 Å². The number of rotatable bonds is 5. The summed E-state index contributed by atoms with van der Waals surface area (Å²) in [6.07, 6.45) is 3.01. The number of piperidine rings is 1. The summed E-state index contributed by atoms with van der Waals surface area (Å²) in [4.78, 5) is 43.8. The van der Waals surface area contributed by atoms with E-state index in [1.54, 1.807) is 30.4 Å². The van der Waals surface area contributed by atoms with Gasteiger partial charge in [0, 0.05) is 33.1 Å². The highest BCUT2D eigenvalue weighted by Gasteiger charge is 2.27. The third-order valence-corrected chi connectivity index (χ3v) is 7.62. The predicted octanol–water partition coefficient (Wildman–Crippen LogP) is 1.37. The molecule has 0 bridgehead atoms. The quantitative estimate of drug-likeness (QED) is 0.410. The number of para-hydroxylation sites is 1. The molecule has 35 heavy (non-hydrogen) atoms. The van der Waals surface area contributed by atoms with Gasteiger partial charge in [-0.25, -0.2) is 9.78 Å². The first-order chi connectivity index (χ1) is 16.9. The number of ether oxygens (including phenoxy) is 1. The maximum atomic E-state index is 13.0. The molecule has 0 unspecified atom stereocenters. The molecule has 182 valence electrons. The summed E-state index contributed by atoms with van der Waals surface area (Å²) in [5.74, 6) is 0.902. The van der Waals surface area contributed by atoms with Crippen molar-refractivity contribution < 1.29 is 9.53 Å². The number of fused-ring (bicyclic) bond motifs is 1. The van der Waals surface area contributed by atoms with E-state index in [9.17, 15) is 14.4 Å². The summed E-state index contributed by atoms with van der Waals surface area (Å²) < 4.78 is 9.30. The first-order valence-electron chi connectivity index (χ1n) is 11.2. The molecule has 3 aromatic heterocycles. The molecule has 0 atom stereocenters. The number of hydrogen-bond donors (Lipinski definition) is 0. The number of carbonyl (C=O) groups excluding carboxylic acids is 1. The number of amides is 1. The van der Waals surface area contributed by atoms with Gasteiger partial charge in [-0.1, -0.05) is 23.5 Å². The lowest BCUT2D eigenvalue weighted by Gasteiger charge is -2.31. The Bertz CT molecular complexity index is 1520. The van der Waals surface area contributed by atoms with E-state index >= 15 is 0 Å².